The van der Waals surface area contributed by atoms with Crippen molar-refractivity contribution < 1.29 is 4.79 Å². The van der Waals surface area contributed by atoms with E-state index in [-0.39, 0.29) is 11.7 Å². The normalized spacial score (nSPS) is 18.5. The Morgan fingerprint density at radius 2 is 1.83 bits per heavy atom. The third kappa shape index (κ3) is 1.94. The zero-order valence-electron chi connectivity index (χ0n) is 10.4. The first-order chi connectivity index (χ1) is 8.74. The average Bonchev–Trinajstić information content (AvgIpc) is 2.39. The van der Waals surface area contributed by atoms with Gasteiger partial charge in [-0.3, -0.25) is 9.78 Å². The van der Waals surface area contributed by atoms with Gasteiger partial charge in [0, 0.05) is 17.7 Å². The highest BCUT2D eigenvalue weighted by molar-refractivity contribution is 5.98. The zero-order valence-corrected chi connectivity index (χ0v) is 10.4. The number of carbonyl (C=O) groups excluding carboxylic acids is 1. The highest BCUT2D eigenvalue weighted by atomic mass is 16.1. The fraction of sp³-hybridized carbons (Fsp3) is 0.250. The Kier molecular flexibility index (Phi) is 2.71. The second kappa shape index (κ2) is 4.37. The minimum atomic E-state index is 0.220. The van der Waals surface area contributed by atoms with Crippen molar-refractivity contribution in [3.63, 3.8) is 0 Å². The van der Waals surface area contributed by atoms with E-state index >= 15 is 0 Å². The molecule has 0 aliphatic heterocycles. The largest absolute Gasteiger partial charge is 0.294 e. The van der Waals surface area contributed by atoms with Crippen LogP contribution in [-0.2, 0) is 6.42 Å². The molecule has 1 aliphatic carbocycles. The molecule has 0 saturated heterocycles. The third-order valence-corrected chi connectivity index (χ3v) is 3.56. The van der Waals surface area contributed by atoms with E-state index in [1.165, 1.54) is 5.56 Å². The zero-order chi connectivity index (χ0) is 12.5. The maximum absolute atomic E-state index is 12.1. The number of Topliss-reactive ketones (excluding diaryl/α,β-unsaturated/α-hetero) is 1. The number of fused-ring (bicyclic) bond motifs is 1. The molecule has 2 heteroatoms. The molecule has 0 radical (unpaired) electrons. The average molecular weight is 237 g/mol. The molecule has 0 spiro atoms. The van der Waals surface area contributed by atoms with Crippen LogP contribution in [0.4, 0.5) is 0 Å². The summed E-state index contributed by atoms with van der Waals surface area (Å²) < 4.78 is 0. The number of nitrogens with zero attached hydrogens (tertiary/aromatic N) is 1. The van der Waals surface area contributed by atoms with Gasteiger partial charge in [-0.2, -0.15) is 0 Å². The van der Waals surface area contributed by atoms with Crippen LogP contribution in [0.2, 0.25) is 0 Å². The molecular weight excluding hydrogens is 222 g/mol. The van der Waals surface area contributed by atoms with Crippen molar-refractivity contribution in [2.75, 3.05) is 0 Å². The van der Waals surface area contributed by atoms with E-state index in [4.69, 9.17) is 0 Å². The predicted molar refractivity (Wildman–Crippen MR) is 70.8 cm³/mol. The van der Waals surface area contributed by atoms with Gasteiger partial charge in [-0.1, -0.05) is 30.3 Å². The number of carbonyl (C=O) groups is 1. The quantitative estimate of drug-likeness (QED) is 0.761. The molecule has 0 amide bonds. The Bertz CT molecular complexity index is 589. The molecule has 0 N–H and O–H groups in total. The summed E-state index contributed by atoms with van der Waals surface area (Å²) in [5.41, 5.74) is 3.99. The standard InChI is InChI=1S/C16H15NO/c1-11-7-8-14-15(17-11)9-13(10-16(14)18)12-5-3-2-4-6-12/h2-8,13H,9-10H2,1H3/t13-/m1/s1. The second-order valence-corrected chi connectivity index (χ2v) is 4.89. The lowest BCUT2D eigenvalue weighted by Crippen LogP contribution is -2.20. The van der Waals surface area contributed by atoms with Crippen molar-refractivity contribution in [2.45, 2.75) is 25.7 Å². The van der Waals surface area contributed by atoms with Crippen LogP contribution < -0.4 is 0 Å². The van der Waals surface area contributed by atoms with Crippen LogP contribution in [0.15, 0.2) is 42.5 Å². The Hall–Kier alpha value is -1.96. The molecule has 1 aromatic carbocycles. The van der Waals surface area contributed by atoms with Crippen molar-refractivity contribution in [3.05, 3.63) is 65.0 Å². The Labute approximate surface area is 107 Å². The van der Waals surface area contributed by atoms with Gasteiger partial charge < -0.3 is 0 Å². The molecule has 90 valence electrons. The Morgan fingerprint density at radius 3 is 2.61 bits per heavy atom. The van der Waals surface area contributed by atoms with Crippen LogP contribution in [0, 0.1) is 6.92 Å². The molecule has 0 bridgehead atoms. The van der Waals surface area contributed by atoms with Gasteiger partial charge in [0.05, 0.1) is 5.69 Å². The van der Waals surface area contributed by atoms with Gasteiger partial charge in [0.1, 0.15) is 0 Å². The molecule has 1 aliphatic rings. The molecule has 1 atom stereocenters. The molecule has 0 saturated carbocycles. The number of pyridine rings is 1. The van der Waals surface area contributed by atoms with Gasteiger partial charge in [0.25, 0.3) is 0 Å². The second-order valence-electron chi connectivity index (χ2n) is 4.89. The smallest absolute Gasteiger partial charge is 0.165 e. The van der Waals surface area contributed by atoms with Crippen LogP contribution in [-0.4, -0.2) is 10.8 Å². The lowest BCUT2D eigenvalue weighted by atomic mass is 9.81. The van der Waals surface area contributed by atoms with E-state index in [1.54, 1.807) is 0 Å². The Balaban J connectivity index is 1.98. The maximum Gasteiger partial charge on any atom is 0.165 e. The fourth-order valence-corrected chi connectivity index (χ4v) is 2.62. The van der Waals surface area contributed by atoms with Gasteiger partial charge in [-0.05, 0) is 37.0 Å². The van der Waals surface area contributed by atoms with Crippen LogP contribution >= 0.6 is 0 Å². The lowest BCUT2D eigenvalue weighted by molar-refractivity contribution is 0.0963. The number of aryl methyl sites for hydroxylation is 1. The van der Waals surface area contributed by atoms with Crippen LogP contribution in [0.5, 0.6) is 0 Å². The van der Waals surface area contributed by atoms with Crippen molar-refractivity contribution in [1.29, 1.82) is 0 Å². The molecule has 2 aromatic rings. The molecule has 18 heavy (non-hydrogen) atoms. The van der Waals surface area contributed by atoms with Gasteiger partial charge in [0.2, 0.25) is 0 Å². The first-order valence-corrected chi connectivity index (χ1v) is 6.28. The van der Waals surface area contributed by atoms with E-state index in [2.05, 4.69) is 17.1 Å². The van der Waals surface area contributed by atoms with E-state index in [0.29, 0.717) is 6.42 Å². The summed E-state index contributed by atoms with van der Waals surface area (Å²) in [7, 11) is 0. The summed E-state index contributed by atoms with van der Waals surface area (Å²) in [6.45, 7) is 1.97. The number of ketones is 1. The number of rotatable bonds is 1. The van der Waals surface area contributed by atoms with Gasteiger partial charge >= 0.3 is 0 Å². The van der Waals surface area contributed by atoms with Crippen LogP contribution in [0.1, 0.15) is 39.6 Å². The van der Waals surface area contributed by atoms with Gasteiger partial charge in [-0.15, -0.1) is 0 Å². The van der Waals surface area contributed by atoms with Crippen molar-refractivity contribution in [3.8, 4) is 0 Å². The predicted octanol–water partition coefficient (Wildman–Crippen LogP) is 3.30. The van der Waals surface area contributed by atoms with E-state index in [0.717, 1.165) is 23.4 Å². The summed E-state index contributed by atoms with van der Waals surface area (Å²) in [5.74, 6) is 0.498. The molecule has 1 aromatic heterocycles. The molecule has 3 rings (SSSR count). The fourth-order valence-electron chi connectivity index (χ4n) is 2.62. The monoisotopic (exact) mass is 237 g/mol. The molecule has 0 fully saturated rings. The minimum Gasteiger partial charge on any atom is -0.294 e. The minimum absolute atomic E-state index is 0.220. The van der Waals surface area contributed by atoms with E-state index < -0.39 is 0 Å². The number of hydrogen-bond acceptors (Lipinski definition) is 2. The maximum atomic E-state index is 12.1. The third-order valence-electron chi connectivity index (χ3n) is 3.56. The summed E-state index contributed by atoms with van der Waals surface area (Å²) in [5, 5.41) is 0. The number of aromatic nitrogens is 1. The summed E-state index contributed by atoms with van der Waals surface area (Å²) in [6, 6.07) is 14.1. The van der Waals surface area contributed by atoms with E-state index in [1.807, 2.05) is 37.3 Å². The highest BCUT2D eigenvalue weighted by Gasteiger charge is 2.26. The van der Waals surface area contributed by atoms with Crippen molar-refractivity contribution in [1.82, 2.24) is 4.98 Å². The molecule has 1 heterocycles. The van der Waals surface area contributed by atoms with Crippen LogP contribution in [0.3, 0.4) is 0 Å². The lowest BCUT2D eigenvalue weighted by Gasteiger charge is -2.23. The first kappa shape index (κ1) is 11.1. The molecular formula is C16H15NO. The summed E-state index contributed by atoms with van der Waals surface area (Å²) >= 11 is 0. The van der Waals surface area contributed by atoms with E-state index in [9.17, 15) is 4.79 Å². The van der Waals surface area contributed by atoms with Crippen molar-refractivity contribution >= 4 is 5.78 Å². The Morgan fingerprint density at radius 1 is 1.06 bits per heavy atom. The molecule has 2 nitrogen and oxygen atoms in total. The highest BCUT2D eigenvalue weighted by Crippen LogP contribution is 2.31. The molecule has 0 unspecified atom stereocenters. The first-order valence-electron chi connectivity index (χ1n) is 6.28. The van der Waals surface area contributed by atoms with Crippen molar-refractivity contribution in [2.24, 2.45) is 0 Å². The van der Waals surface area contributed by atoms with Crippen LogP contribution in [0.25, 0.3) is 0 Å². The summed E-state index contributed by atoms with van der Waals surface area (Å²) in [6.07, 6.45) is 1.47. The van der Waals surface area contributed by atoms with Gasteiger partial charge in [0.15, 0.2) is 5.78 Å². The number of benzene rings is 1. The van der Waals surface area contributed by atoms with Gasteiger partial charge in [-0.25, -0.2) is 0 Å². The topological polar surface area (TPSA) is 30.0 Å². The number of hydrogen-bond donors (Lipinski definition) is 0. The summed E-state index contributed by atoms with van der Waals surface area (Å²) in [4.78, 5) is 16.7. The SMILES string of the molecule is Cc1ccc2c(n1)C[C@@H](c1ccccc1)CC2=O.